The van der Waals surface area contributed by atoms with Gasteiger partial charge in [-0.05, 0) is 12.5 Å². The van der Waals surface area contributed by atoms with Crippen LogP contribution in [0, 0.1) is 0 Å². The van der Waals surface area contributed by atoms with Gasteiger partial charge >= 0.3 is 0 Å². The summed E-state index contributed by atoms with van der Waals surface area (Å²) in [5, 5.41) is 3.99. The van der Waals surface area contributed by atoms with E-state index >= 15 is 0 Å². The fraction of sp³-hybridized carbons (Fsp3) is 0.417. The molecule has 2 rings (SSSR count). The number of hydrogen-bond donors (Lipinski definition) is 0. The van der Waals surface area contributed by atoms with Crippen molar-refractivity contribution < 1.29 is 4.79 Å². The van der Waals surface area contributed by atoms with Crippen molar-refractivity contribution in [2.75, 3.05) is 0 Å². The highest BCUT2D eigenvalue weighted by atomic mass is 16.1. The number of imidazole rings is 1. The maximum absolute atomic E-state index is 12.0. The number of ketones is 1. The Morgan fingerprint density at radius 1 is 1.41 bits per heavy atom. The lowest BCUT2D eigenvalue weighted by Crippen LogP contribution is -2.13. The topological polar surface area (TPSA) is 52.7 Å². The quantitative estimate of drug-likeness (QED) is 0.733. The van der Waals surface area contributed by atoms with Crippen molar-refractivity contribution in [2.24, 2.45) is 7.05 Å². The Morgan fingerprint density at radius 2 is 2.24 bits per heavy atom. The summed E-state index contributed by atoms with van der Waals surface area (Å²) in [6.45, 7) is 3.00. The van der Waals surface area contributed by atoms with Crippen LogP contribution >= 0.6 is 0 Å². The average Bonchev–Trinajstić information content (AvgIpc) is 2.89. The average molecular weight is 232 g/mol. The summed E-state index contributed by atoms with van der Waals surface area (Å²) >= 11 is 0. The number of Topliss-reactive ketones (excluding diaryl/α,β-unsaturated/α-hetero) is 1. The van der Waals surface area contributed by atoms with Crippen molar-refractivity contribution in [1.29, 1.82) is 0 Å². The smallest absolute Gasteiger partial charge is 0.188 e. The summed E-state index contributed by atoms with van der Waals surface area (Å²) in [6.07, 6.45) is 6.64. The summed E-state index contributed by atoms with van der Waals surface area (Å²) < 4.78 is 3.61. The molecule has 0 amide bonds. The van der Waals surface area contributed by atoms with Crippen molar-refractivity contribution in [3.63, 3.8) is 0 Å². The number of hydrogen-bond acceptors (Lipinski definition) is 3. The summed E-state index contributed by atoms with van der Waals surface area (Å²) in [4.78, 5) is 16.3. The molecule has 0 bridgehead atoms. The Hall–Kier alpha value is -1.91. The van der Waals surface area contributed by atoms with Crippen LogP contribution < -0.4 is 0 Å². The fourth-order valence-electron chi connectivity index (χ4n) is 1.83. The van der Waals surface area contributed by atoms with E-state index in [2.05, 4.69) is 17.0 Å². The van der Waals surface area contributed by atoms with E-state index in [1.807, 2.05) is 10.8 Å². The van der Waals surface area contributed by atoms with Crippen LogP contribution in [-0.2, 0) is 20.0 Å². The lowest BCUT2D eigenvalue weighted by molar-refractivity contribution is 0.0980. The predicted octanol–water partition coefficient (Wildman–Crippen LogP) is 1.45. The van der Waals surface area contributed by atoms with Gasteiger partial charge in [0.2, 0.25) is 0 Å². The molecule has 0 unspecified atom stereocenters. The van der Waals surface area contributed by atoms with Crippen LogP contribution in [0.5, 0.6) is 0 Å². The van der Waals surface area contributed by atoms with E-state index in [1.54, 1.807) is 30.2 Å². The van der Waals surface area contributed by atoms with E-state index in [0.717, 1.165) is 18.8 Å². The number of nitrogens with zero attached hydrogens (tertiary/aromatic N) is 4. The minimum Gasteiger partial charge on any atom is -0.335 e. The Morgan fingerprint density at radius 3 is 2.88 bits per heavy atom. The van der Waals surface area contributed by atoms with E-state index in [4.69, 9.17) is 0 Å². The van der Waals surface area contributed by atoms with Crippen LogP contribution in [-0.4, -0.2) is 25.1 Å². The van der Waals surface area contributed by atoms with E-state index in [0.29, 0.717) is 12.1 Å². The molecule has 0 radical (unpaired) electrons. The maximum atomic E-state index is 12.0. The zero-order chi connectivity index (χ0) is 12.3. The number of aromatic nitrogens is 4. The maximum Gasteiger partial charge on any atom is 0.188 e. The molecule has 0 saturated heterocycles. The predicted molar refractivity (Wildman–Crippen MR) is 63.8 cm³/mol. The summed E-state index contributed by atoms with van der Waals surface area (Å²) in [7, 11) is 1.77. The molecule has 0 N–H and O–H groups in total. The van der Waals surface area contributed by atoms with Crippen LogP contribution in [0.15, 0.2) is 24.7 Å². The lowest BCUT2D eigenvalue weighted by Gasteiger charge is -2.05. The first-order chi connectivity index (χ1) is 8.22. The third-order valence-electron chi connectivity index (χ3n) is 2.69. The highest BCUT2D eigenvalue weighted by Gasteiger charge is 2.13. The van der Waals surface area contributed by atoms with Crippen LogP contribution in [0.1, 0.15) is 29.7 Å². The highest BCUT2D eigenvalue weighted by Crippen LogP contribution is 2.06. The van der Waals surface area contributed by atoms with Crippen molar-refractivity contribution in [2.45, 2.75) is 26.3 Å². The van der Waals surface area contributed by atoms with E-state index in [1.165, 1.54) is 0 Å². The van der Waals surface area contributed by atoms with Gasteiger partial charge in [-0.1, -0.05) is 6.92 Å². The third-order valence-corrected chi connectivity index (χ3v) is 2.69. The molecule has 0 fully saturated rings. The van der Waals surface area contributed by atoms with E-state index in [-0.39, 0.29) is 5.78 Å². The molecule has 90 valence electrons. The molecule has 0 saturated carbocycles. The van der Waals surface area contributed by atoms with Gasteiger partial charge in [0.15, 0.2) is 5.78 Å². The number of carbonyl (C=O) groups excluding carboxylic acids is 1. The van der Waals surface area contributed by atoms with Crippen molar-refractivity contribution in [3.05, 3.63) is 36.2 Å². The molecule has 0 aliphatic heterocycles. The minimum atomic E-state index is 0.0496. The van der Waals surface area contributed by atoms with Gasteiger partial charge < -0.3 is 4.57 Å². The molecule has 17 heavy (non-hydrogen) atoms. The highest BCUT2D eigenvalue weighted by molar-refractivity contribution is 5.95. The number of rotatable bonds is 5. The lowest BCUT2D eigenvalue weighted by atomic mass is 10.2. The van der Waals surface area contributed by atoms with Crippen molar-refractivity contribution >= 4 is 5.78 Å². The zero-order valence-corrected chi connectivity index (χ0v) is 10.1. The van der Waals surface area contributed by atoms with Gasteiger partial charge in [0.05, 0.1) is 6.42 Å². The Balaban J connectivity index is 2.13. The molecule has 2 aromatic rings. The fourth-order valence-corrected chi connectivity index (χ4v) is 1.83. The van der Waals surface area contributed by atoms with Gasteiger partial charge in [-0.25, -0.2) is 4.98 Å². The zero-order valence-electron chi connectivity index (χ0n) is 10.1. The van der Waals surface area contributed by atoms with Gasteiger partial charge in [0.25, 0.3) is 0 Å². The minimum absolute atomic E-state index is 0.0496. The first-order valence-corrected chi connectivity index (χ1v) is 5.73. The normalized spacial score (nSPS) is 10.7. The van der Waals surface area contributed by atoms with Gasteiger partial charge in [-0.2, -0.15) is 5.10 Å². The molecular formula is C12H16N4O. The van der Waals surface area contributed by atoms with Crippen molar-refractivity contribution in [3.8, 4) is 0 Å². The summed E-state index contributed by atoms with van der Waals surface area (Å²) in [5.74, 6) is 0.867. The molecule has 5 nitrogen and oxygen atoms in total. The molecule has 2 aromatic heterocycles. The van der Waals surface area contributed by atoms with Gasteiger partial charge in [0, 0.05) is 32.2 Å². The Bertz CT molecular complexity index is 512. The third kappa shape index (κ3) is 2.43. The standard InChI is InChI=1S/C12H16N4O/c1-3-7-16-8-6-13-12(16)9-11(17)10-4-5-14-15(10)2/h4-6,8H,3,7,9H2,1-2H3. The first-order valence-electron chi connectivity index (χ1n) is 5.73. The molecule has 2 heterocycles. The Labute approximate surface area is 100 Å². The summed E-state index contributed by atoms with van der Waals surface area (Å²) in [6, 6.07) is 1.73. The Kier molecular flexibility index (Phi) is 3.37. The van der Waals surface area contributed by atoms with Crippen LogP contribution in [0.4, 0.5) is 0 Å². The van der Waals surface area contributed by atoms with Crippen LogP contribution in [0.2, 0.25) is 0 Å². The second-order valence-electron chi connectivity index (χ2n) is 3.98. The number of aryl methyl sites for hydroxylation is 2. The first kappa shape index (κ1) is 11.6. The van der Waals surface area contributed by atoms with Gasteiger partial charge in [-0.15, -0.1) is 0 Å². The largest absolute Gasteiger partial charge is 0.335 e. The van der Waals surface area contributed by atoms with Gasteiger partial charge in [0.1, 0.15) is 11.5 Å². The SMILES string of the molecule is CCCn1ccnc1CC(=O)c1ccnn1C. The molecular weight excluding hydrogens is 216 g/mol. The number of carbonyl (C=O) groups is 1. The molecule has 0 aromatic carbocycles. The van der Waals surface area contributed by atoms with Crippen molar-refractivity contribution in [1.82, 2.24) is 19.3 Å². The van der Waals surface area contributed by atoms with Gasteiger partial charge in [-0.3, -0.25) is 9.48 Å². The molecule has 0 atom stereocenters. The van der Waals surface area contributed by atoms with E-state index in [9.17, 15) is 4.79 Å². The van der Waals surface area contributed by atoms with Crippen LogP contribution in [0.3, 0.4) is 0 Å². The molecule has 5 heteroatoms. The van der Waals surface area contributed by atoms with Crippen LogP contribution in [0.25, 0.3) is 0 Å². The molecule has 0 spiro atoms. The van der Waals surface area contributed by atoms with E-state index < -0.39 is 0 Å². The molecule has 0 aliphatic carbocycles. The second-order valence-corrected chi connectivity index (χ2v) is 3.98. The molecule has 0 aliphatic rings. The second kappa shape index (κ2) is 4.95. The monoisotopic (exact) mass is 232 g/mol. The summed E-state index contributed by atoms with van der Waals surface area (Å²) in [5.41, 5.74) is 0.621.